The number of carbonyl (C=O) groups is 1. The van der Waals surface area contributed by atoms with E-state index in [4.69, 9.17) is 5.73 Å². The molecule has 3 N–H and O–H groups in total. The molecule has 1 aliphatic rings. The number of rotatable bonds is 5. The molecule has 4 atom stereocenters. The lowest BCUT2D eigenvalue weighted by Crippen LogP contribution is -2.49. The zero-order valence-corrected chi connectivity index (χ0v) is 13.1. The first-order chi connectivity index (χ1) is 8.81. The van der Waals surface area contributed by atoms with E-state index in [0.717, 1.165) is 25.8 Å². The van der Waals surface area contributed by atoms with Gasteiger partial charge in [0.1, 0.15) is 0 Å². The summed E-state index contributed by atoms with van der Waals surface area (Å²) >= 11 is 0. The van der Waals surface area contributed by atoms with E-state index in [1.165, 1.54) is 0 Å². The van der Waals surface area contributed by atoms with Gasteiger partial charge in [-0.1, -0.05) is 20.8 Å². The SMILES string of the molecule is CC(C)C(CN(C)C)NC(=O)C1CCC(C)C(N)C1. The monoisotopic (exact) mass is 269 g/mol. The van der Waals surface area contributed by atoms with Gasteiger partial charge in [0.05, 0.1) is 0 Å². The largest absolute Gasteiger partial charge is 0.352 e. The van der Waals surface area contributed by atoms with Gasteiger partial charge >= 0.3 is 0 Å². The molecule has 112 valence electrons. The molecule has 0 saturated heterocycles. The molecule has 0 heterocycles. The van der Waals surface area contributed by atoms with E-state index in [-0.39, 0.29) is 23.9 Å². The van der Waals surface area contributed by atoms with Gasteiger partial charge in [0.25, 0.3) is 0 Å². The molecule has 19 heavy (non-hydrogen) atoms. The van der Waals surface area contributed by atoms with E-state index in [0.29, 0.717) is 11.8 Å². The van der Waals surface area contributed by atoms with Crippen molar-refractivity contribution in [3.05, 3.63) is 0 Å². The molecule has 1 rings (SSSR count). The van der Waals surface area contributed by atoms with Gasteiger partial charge in [-0.15, -0.1) is 0 Å². The molecule has 0 radical (unpaired) electrons. The first-order valence-electron chi connectivity index (χ1n) is 7.52. The van der Waals surface area contributed by atoms with Gasteiger partial charge < -0.3 is 16.0 Å². The Hall–Kier alpha value is -0.610. The van der Waals surface area contributed by atoms with Crippen LogP contribution in [-0.2, 0) is 4.79 Å². The Balaban J connectivity index is 2.52. The fourth-order valence-electron chi connectivity index (χ4n) is 2.71. The van der Waals surface area contributed by atoms with Gasteiger partial charge in [-0.3, -0.25) is 4.79 Å². The van der Waals surface area contributed by atoms with Gasteiger partial charge in [-0.25, -0.2) is 0 Å². The first-order valence-corrected chi connectivity index (χ1v) is 7.52. The van der Waals surface area contributed by atoms with Gasteiger partial charge in [0.15, 0.2) is 0 Å². The summed E-state index contributed by atoms with van der Waals surface area (Å²) in [5.41, 5.74) is 6.09. The van der Waals surface area contributed by atoms with Crippen molar-refractivity contribution in [2.24, 2.45) is 23.5 Å². The molecular weight excluding hydrogens is 238 g/mol. The summed E-state index contributed by atoms with van der Waals surface area (Å²) in [7, 11) is 4.08. The van der Waals surface area contributed by atoms with Crippen molar-refractivity contribution in [3.8, 4) is 0 Å². The Kier molecular flexibility index (Phi) is 6.27. The predicted octanol–water partition coefficient (Wildman–Crippen LogP) is 1.45. The third-order valence-electron chi connectivity index (χ3n) is 4.32. The van der Waals surface area contributed by atoms with Gasteiger partial charge in [-0.05, 0) is 45.2 Å². The minimum absolute atomic E-state index is 0.106. The summed E-state index contributed by atoms with van der Waals surface area (Å²) in [4.78, 5) is 14.5. The van der Waals surface area contributed by atoms with Crippen molar-refractivity contribution in [2.45, 2.75) is 52.1 Å². The van der Waals surface area contributed by atoms with Crippen LogP contribution in [0.25, 0.3) is 0 Å². The molecule has 0 aromatic heterocycles. The van der Waals surface area contributed by atoms with Crippen LogP contribution >= 0.6 is 0 Å². The lowest BCUT2D eigenvalue weighted by molar-refractivity contribution is -0.127. The highest BCUT2D eigenvalue weighted by atomic mass is 16.1. The zero-order valence-electron chi connectivity index (χ0n) is 13.1. The predicted molar refractivity (Wildman–Crippen MR) is 79.8 cm³/mol. The Labute approximate surface area is 118 Å². The van der Waals surface area contributed by atoms with Crippen LogP contribution in [0.4, 0.5) is 0 Å². The summed E-state index contributed by atoms with van der Waals surface area (Å²) in [5.74, 6) is 1.30. The van der Waals surface area contributed by atoms with Crippen LogP contribution in [0.1, 0.15) is 40.0 Å². The third kappa shape index (κ3) is 5.11. The van der Waals surface area contributed by atoms with E-state index in [1.54, 1.807) is 0 Å². The van der Waals surface area contributed by atoms with E-state index in [9.17, 15) is 4.79 Å². The number of amides is 1. The number of nitrogens with zero attached hydrogens (tertiary/aromatic N) is 1. The molecule has 4 heteroatoms. The lowest BCUT2D eigenvalue weighted by atomic mass is 9.79. The second-order valence-electron chi connectivity index (χ2n) is 6.77. The molecular formula is C15H31N3O. The molecule has 1 aliphatic carbocycles. The fraction of sp³-hybridized carbons (Fsp3) is 0.933. The van der Waals surface area contributed by atoms with Crippen LogP contribution in [0.2, 0.25) is 0 Å². The Morgan fingerprint density at radius 2 is 2.00 bits per heavy atom. The summed E-state index contributed by atoms with van der Waals surface area (Å²) in [6, 6.07) is 0.397. The summed E-state index contributed by atoms with van der Waals surface area (Å²) < 4.78 is 0. The van der Waals surface area contributed by atoms with Crippen LogP contribution in [0.3, 0.4) is 0 Å². The van der Waals surface area contributed by atoms with Gasteiger partial charge in [0, 0.05) is 24.5 Å². The quantitative estimate of drug-likeness (QED) is 0.794. The van der Waals surface area contributed by atoms with Crippen molar-refractivity contribution < 1.29 is 4.79 Å². The van der Waals surface area contributed by atoms with Crippen LogP contribution in [0.5, 0.6) is 0 Å². The van der Waals surface area contributed by atoms with E-state index >= 15 is 0 Å². The number of nitrogens with two attached hydrogens (primary N) is 1. The molecule has 0 aromatic rings. The molecule has 0 aliphatic heterocycles. The van der Waals surface area contributed by atoms with Crippen molar-refractivity contribution in [2.75, 3.05) is 20.6 Å². The van der Waals surface area contributed by atoms with Crippen molar-refractivity contribution in [3.63, 3.8) is 0 Å². The second-order valence-corrected chi connectivity index (χ2v) is 6.77. The lowest BCUT2D eigenvalue weighted by Gasteiger charge is -2.33. The summed E-state index contributed by atoms with van der Waals surface area (Å²) in [5, 5.41) is 3.22. The molecule has 4 unspecified atom stereocenters. The standard InChI is InChI=1S/C15H31N3O/c1-10(2)14(9-18(4)5)17-15(19)12-7-6-11(3)13(16)8-12/h10-14H,6-9,16H2,1-5H3,(H,17,19). The maximum atomic E-state index is 12.4. The van der Waals surface area contributed by atoms with Crippen molar-refractivity contribution >= 4 is 5.91 Å². The van der Waals surface area contributed by atoms with Gasteiger partial charge in [-0.2, -0.15) is 0 Å². The maximum Gasteiger partial charge on any atom is 0.223 e. The third-order valence-corrected chi connectivity index (χ3v) is 4.32. The maximum absolute atomic E-state index is 12.4. The fourth-order valence-corrected chi connectivity index (χ4v) is 2.71. The Morgan fingerprint density at radius 1 is 1.37 bits per heavy atom. The molecule has 1 fully saturated rings. The summed E-state index contributed by atoms with van der Waals surface area (Å²) in [6.45, 7) is 7.38. The van der Waals surface area contributed by atoms with Crippen LogP contribution in [0, 0.1) is 17.8 Å². The number of nitrogens with one attached hydrogen (secondary N) is 1. The number of hydrogen-bond donors (Lipinski definition) is 2. The topological polar surface area (TPSA) is 58.4 Å². The number of likely N-dealkylation sites (N-methyl/N-ethyl adjacent to an activating group) is 1. The number of carbonyl (C=O) groups excluding carboxylic acids is 1. The smallest absolute Gasteiger partial charge is 0.223 e. The molecule has 0 aromatic carbocycles. The highest BCUT2D eigenvalue weighted by Crippen LogP contribution is 2.28. The molecule has 1 saturated carbocycles. The first kappa shape index (κ1) is 16.4. The van der Waals surface area contributed by atoms with Crippen LogP contribution in [-0.4, -0.2) is 43.5 Å². The average molecular weight is 269 g/mol. The van der Waals surface area contributed by atoms with E-state index in [1.807, 2.05) is 14.1 Å². The highest BCUT2D eigenvalue weighted by molar-refractivity contribution is 5.79. The van der Waals surface area contributed by atoms with Crippen molar-refractivity contribution in [1.29, 1.82) is 0 Å². The zero-order chi connectivity index (χ0) is 14.6. The molecule has 1 amide bonds. The molecule has 0 bridgehead atoms. The van der Waals surface area contributed by atoms with Crippen molar-refractivity contribution in [1.82, 2.24) is 10.2 Å². The van der Waals surface area contributed by atoms with E-state index < -0.39 is 0 Å². The van der Waals surface area contributed by atoms with Gasteiger partial charge in [0.2, 0.25) is 5.91 Å². The number of hydrogen-bond acceptors (Lipinski definition) is 3. The molecule has 4 nitrogen and oxygen atoms in total. The van der Waals surface area contributed by atoms with Crippen LogP contribution < -0.4 is 11.1 Å². The Bertz CT molecular complexity index is 291. The minimum Gasteiger partial charge on any atom is -0.352 e. The highest BCUT2D eigenvalue weighted by Gasteiger charge is 2.30. The average Bonchev–Trinajstić information content (AvgIpc) is 2.31. The Morgan fingerprint density at radius 3 is 2.47 bits per heavy atom. The van der Waals surface area contributed by atoms with Crippen LogP contribution in [0.15, 0.2) is 0 Å². The van der Waals surface area contributed by atoms with E-state index in [2.05, 4.69) is 31.0 Å². The second kappa shape index (κ2) is 7.25. The molecule has 0 spiro atoms. The minimum atomic E-state index is 0.106. The summed E-state index contributed by atoms with van der Waals surface area (Å²) in [6.07, 6.45) is 2.88. The normalized spacial score (nSPS) is 29.6.